The highest BCUT2D eigenvalue weighted by molar-refractivity contribution is 7.91. The van der Waals surface area contributed by atoms with Crippen molar-refractivity contribution < 1.29 is 8.42 Å². The van der Waals surface area contributed by atoms with Gasteiger partial charge >= 0.3 is 0 Å². The van der Waals surface area contributed by atoms with Gasteiger partial charge in [0.2, 0.25) is 0 Å². The fraction of sp³-hybridized carbons (Fsp3) is 0.467. The normalized spacial score (nSPS) is 13.8. The van der Waals surface area contributed by atoms with Crippen molar-refractivity contribution in [2.75, 3.05) is 18.1 Å². The number of nitrogens with one attached hydrogen (secondary N) is 1. The second-order valence-corrected chi connectivity index (χ2v) is 8.56. The van der Waals surface area contributed by atoms with E-state index < -0.39 is 9.84 Å². The molecule has 0 radical (unpaired) electrons. The Balaban J connectivity index is 2.08. The minimum absolute atomic E-state index is 0.180. The molecule has 0 aliphatic heterocycles. The summed E-state index contributed by atoms with van der Waals surface area (Å²) in [4.78, 5) is 1.29. The number of hydrogen-bond acceptors (Lipinski definition) is 4. The van der Waals surface area contributed by atoms with E-state index in [1.54, 1.807) is 18.3 Å². The predicted octanol–water partition coefficient (Wildman–Crippen LogP) is 3.30. The Morgan fingerprint density at radius 3 is 2.65 bits per heavy atom. The minimum Gasteiger partial charge on any atom is -0.308 e. The van der Waals surface area contributed by atoms with Gasteiger partial charge in [0.15, 0.2) is 9.84 Å². The lowest BCUT2D eigenvalue weighted by Gasteiger charge is -2.13. The Morgan fingerprint density at radius 1 is 1.30 bits per heavy atom. The summed E-state index contributed by atoms with van der Waals surface area (Å²) >= 11 is 1.78. The number of sulfone groups is 1. The molecule has 2 rings (SSSR count). The average molecular weight is 311 g/mol. The third-order valence-electron chi connectivity index (χ3n) is 3.58. The molecule has 3 nitrogen and oxygen atoms in total. The van der Waals surface area contributed by atoms with Crippen molar-refractivity contribution in [1.82, 2.24) is 5.32 Å². The third-order valence-corrected chi connectivity index (χ3v) is 6.74. The lowest BCUT2D eigenvalue weighted by Crippen LogP contribution is -2.26. The van der Waals surface area contributed by atoms with Gasteiger partial charge < -0.3 is 5.32 Å². The maximum Gasteiger partial charge on any atom is 0.151 e. The molecule has 20 heavy (non-hydrogen) atoms. The first-order valence-electron chi connectivity index (χ1n) is 6.86. The lowest BCUT2D eigenvalue weighted by molar-refractivity contribution is 0.576. The summed E-state index contributed by atoms with van der Waals surface area (Å²) in [5, 5.41) is 4.62. The number of thiophene rings is 1. The van der Waals surface area contributed by atoms with E-state index in [0.29, 0.717) is 6.54 Å². The summed E-state index contributed by atoms with van der Waals surface area (Å²) in [7, 11) is -2.89. The molecule has 0 aliphatic rings. The molecule has 2 aromatic rings. The van der Waals surface area contributed by atoms with Crippen LogP contribution in [-0.4, -0.2) is 26.5 Å². The highest BCUT2D eigenvalue weighted by Crippen LogP contribution is 2.34. The maximum absolute atomic E-state index is 11.5. The summed E-state index contributed by atoms with van der Waals surface area (Å²) in [6.45, 7) is 6.42. The molecule has 1 unspecified atom stereocenters. The molecule has 0 aliphatic carbocycles. The monoisotopic (exact) mass is 311 g/mol. The second-order valence-electron chi connectivity index (χ2n) is 5.00. The summed E-state index contributed by atoms with van der Waals surface area (Å²) in [5.74, 6) is 0.419. The van der Waals surface area contributed by atoms with Crippen molar-refractivity contribution in [2.45, 2.75) is 26.8 Å². The van der Waals surface area contributed by atoms with Crippen LogP contribution < -0.4 is 5.32 Å². The van der Waals surface area contributed by atoms with Crippen LogP contribution in [0.2, 0.25) is 0 Å². The van der Waals surface area contributed by atoms with Crippen LogP contribution in [0.25, 0.3) is 10.1 Å². The highest BCUT2D eigenvalue weighted by atomic mass is 32.2. The summed E-state index contributed by atoms with van der Waals surface area (Å²) in [6, 6.07) is 8.55. The van der Waals surface area contributed by atoms with E-state index in [4.69, 9.17) is 0 Å². The largest absolute Gasteiger partial charge is 0.308 e. The van der Waals surface area contributed by atoms with Crippen LogP contribution in [0.5, 0.6) is 0 Å². The molecule has 0 saturated carbocycles. The Kier molecular flexibility index (Phi) is 4.83. The van der Waals surface area contributed by atoms with E-state index in [-0.39, 0.29) is 17.5 Å². The van der Waals surface area contributed by atoms with E-state index in [9.17, 15) is 8.42 Å². The first-order valence-corrected chi connectivity index (χ1v) is 9.50. The van der Waals surface area contributed by atoms with Crippen LogP contribution in [0.3, 0.4) is 0 Å². The van der Waals surface area contributed by atoms with Crippen LogP contribution in [0.15, 0.2) is 24.3 Å². The number of fused-ring (bicyclic) bond motifs is 1. The molecule has 0 bridgehead atoms. The molecule has 1 aromatic heterocycles. The SMILES string of the molecule is CCS(=O)(=O)CCNC(C)c1sc2ccccc2c1C. The molecule has 0 amide bonds. The molecule has 5 heteroatoms. The molecule has 1 N–H and O–H groups in total. The number of aryl methyl sites for hydroxylation is 1. The Bertz CT molecular complexity index is 689. The van der Waals surface area contributed by atoms with Crippen molar-refractivity contribution in [3.05, 3.63) is 34.7 Å². The van der Waals surface area contributed by atoms with E-state index >= 15 is 0 Å². The van der Waals surface area contributed by atoms with E-state index in [1.165, 1.54) is 20.5 Å². The minimum atomic E-state index is -2.89. The van der Waals surface area contributed by atoms with Crippen molar-refractivity contribution in [3.63, 3.8) is 0 Å². The average Bonchev–Trinajstić information content (AvgIpc) is 2.76. The van der Waals surface area contributed by atoms with Gasteiger partial charge in [-0.3, -0.25) is 0 Å². The Labute approximate surface area is 124 Å². The van der Waals surface area contributed by atoms with Gasteiger partial charge in [-0.05, 0) is 30.9 Å². The molecule has 0 fully saturated rings. The van der Waals surface area contributed by atoms with Gasteiger partial charge in [0.25, 0.3) is 0 Å². The van der Waals surface area contributed by atoms with Crippen molar-refractivity contribution in [1.29, 1.82) is 0 Å². The van der Waals surface area contributed by atoms with Crippen LogP contribution >= 0.6 is 11.3 Å². The smallest absolute Gasteiger partial charge is 0.151 e. The van der Waals surface area contributed by atoms with Crippen LogP contribution in [0, 0.1) is 6.92 Å². The van der Waals surface area contributed by atoms with Gasteiger partial charge in [-0.1, -0.05) is 25.1 Å². The zero-order chi connectivity index (χ0) is 14.8. The zero-order valence-corrected chi connectivity index (χ0v) is 13.8. The van der Waals surface area contributed by atoms with E-state index in [0.717, 1.165) is 0 Å². The van der Waals surface area contributed by atoms with Gasteiger partial charge in [-0.25, -0.2) is 8.42 Å². The molecule has 0 saturated heterocycles. The number of hydrogen-bond donors (Lipinski definition) is 1. The fourth-order valence-corrected chi connectivity index (χ4v) is 4.23. The topological polar surface area (TPSA) is 46.2 Å². The van der Waals surface area contributed by atoms with Crippen molar-refractivity contribution >= 4 is 31.3 Å². The summed E-state index contributed by atoms with van der Waals surface area (Å²) in [5.41, 5.74) is 1.30. The van der Waals surface area contributed by atoms with Gasteiger partial charge in [-0.2, -0.15) is 0 Å². The molecule has 0 spiro atoms. The predicted molar refractivity (Wildman–Crippen MR) is 87.3 cm³/mol. The van der Waals surface area contributed by atoms with Gasteiger partial charge in [-0.15, -0.1) is 11.3 Å². The highest BCUT2D eigenvalue weighted by Gasteiger charge is 2.15. The molecular formula is C15H21NO2S2. The quantitative estimate of drug-likeness (QED) is 0.890. The van der Waals surface area contributed by atoms with Crippen LogP contribution in [0.1, 0.15) is 30.3 Å². The van der Waals surface area contributed by atoms with Crippen molar-refractivity contribution in [2.24, 2.45) is 0 Å². The third kappa shape index (κ3) is 3.40. The standard InChI is InChI=1S/C15H21NO2S2/c1-4-20(17,18)10-9-16-12(3)15-11(2)13-7-5-6-8-14(13)19-15/h5-8,12,16H,4,9-10H2,1-3H3. The first kappa shape index (κ1) is 15.5. The van der Waals surface area contributed by atoms with Crippen LogP contribution in [0.4, 0.5) is 0 Å². The summed E-state index contributed by atoms with van der Waals surface area (Å²) in [6.07, 6.45) is 0. The van der Waals surface area contributed by atoms with Crippen molar-refractivity contribution in [3.8, 4) is 0 Å². The number of benzene rings is 1. The Morgan fingerprint density at radius 2 is 2.00 bits per heavy atom. The first-order chi connectivity index (χ1) is 9.44. The fourth-order valence-electron chi connectivity index (χ4n) is 2.27. The molecule has 1 aromatic carbocycles. The molecule has 1 atom stereocenters. The maximum atomic E-state index is 11.5. The van der Waals surface area contributed by atoms with Gasteiger partial charge in [0.1, 0.15) is 0 Å². The second kappa shape index (κ2) is 6.24. The molecule has 110 valence electrons. The van der Waals surface area contributed by atoms with E-state index in [1.807, 2.05) is 6.07 Å². The number of rotatable bonds is 6. The van der Waals surface area contributed by atoms with Gasteiger partial charge in [0, 0.05) is 27.9 Å². The Hall–Kier alpha value is -0.910. The molecule has 1 heterocycles. The van der Waals surface area contributed by atoms with E-state index in [2.05, 4.69) is 37.4 Å². The lowest BCUT2D eigenvalue weighted by atomic mass is 10.1. The summed E-state index contributed by atoms with van der Waals surface area (Å²) < 4.78 is 24.3. The zero-order valence-electron chi connectivity index (χ0n) is 12.1. The van der Waals surface area contributed by atoms with Crippen LogP contribution in [-0.2, 0) is 9.84 Å². The molecular weight excluding hydrogens is 290 g/mol. The van der Waals surface area contributed by atoms with Gasteiger partial charge in [0.05, 0.1) is 5.75 Å².